The Labute approximate surface area is 158 Å². The molecular formula is C21H35N3O2. The van der Waals surface area contributed by atoms with Crippen molar-refractivity contribution >= 4 is 17.5 Å². The van der Waals surface area contributed by atoms with Gasteiger partial charge in [-0.2, -0.15) is 0 Å². The summed E-state index contributed by atoms with van der Waals surface area (Å²) in [6, 6.07) is 4.27. The van der Waals surface area contributed by atoms with Gasteiger partial charge in [0.1, 0.15) is 0 Å². The lowest BCUT2D eigenvalue weighted by atomic mass is 10.0. The molecule has 0 saturated heterocycles. The number of aryl methyl sites for hydroxylation is 3. The first-order chi connectivity index (χ1) is 12.1. The van der Waals surface area contributed by atoms with E-state index in [-0.39, 0.29) is 30.9 Å². The number of benzene rings is 1. The van der Waals surface area contributed by atoms with Crippen molar-refractivity contribution in [2.45, 2.75) is 60.4 Å². The van der Waals surface area contributed by atoms with Crippen LogP contribution in [-0.2, 0) is 9.59 Å². The second kappa shape index (κ2) is 10.3. The lowest BCUT2D eigenvalue weighted by Crippen LogP contribution is -2.42. The fourth-order valence-corrected chi connectivity index (χ4v) is 3.08. The zero-order chi connectivity index (χ0) is 19.9. The average Bonchev–Trinajstić information content (AvgIpc) is 2.48. The van der Waals surface area contributed by atoms with Crippen molar-refractivity contribution in [2.75, 3.05) is 25.5 Å². The Morgan fingerprint density at radius 1 is 0.962 bits per heavy atom. The molecule has 5 heteroatoms. The molecule has 2 amide bonds. The van der Waals surface area contributed by atoms with Crippen LogP contribution in [-0.4, -0.2) is 42.9 Å². The summed E-state index contributed by atoms with van der Waals surface area (Å²) in [5.41, 5.74) is 4.14. The van der Waals surface area contributed by atoms with Crippen LogP contribution < -0.4 is 10.6 Å². The van der Waals surface area contributed by atoms with E-state index in [0.29, 0.717) is 5.92 Å². The number of nitrogens with zero attached hydrogens (tertiary/aromatic N) is 1. The first-order valence-electron chi connectivity index (χ1n) is 9.44. The number of anilines is 1. The normalized spacial score (nSPS) is 12.3. The standard InChI is InChI=1S/C21H35N3O2/c1-14(2)8-9-18(6)22-19(25)12-24(7)13-20(26)23-21-16(4)10-15(3)11-17(21)5/h10-11,14,18H,8-9,12-13H2,1-7H3,(H,22,25)(H,23,26)/t18-/m0/s1. The molecule has 0 aliphatic heterocycles. The number of carbonyl (C=O) groups is 2. The zero-order valence-corrected chi connectivity index (χ0v) is 17.4. The summed E-state index contributed by atoms with van der Waals surface area (Å²) in [6.07, 6.45) is 2.06. The van der Waals surface area contributed by atoms with Crippen LogP contribution in [0, 0.1) is 26.7 Å². The molecule has 0 aliphatic rings. The fraction of sp³-hybridized carbons (Fsp3) is 0.619. The molecule has 0 heterocycles. The Balaban J connectivity index is 2.46. The van der Waals surface area contributed by atoms with Gasteiger partial charge < -0.3 is 10.6 Å². The minimum atomic E-state index is -0.108. The number of carbonyl (C=O) groups excluding carboxylic acids is 2. The lowest BCUT2D eigenvalue weighted by Gasteiger charge is -2.20. The molecule has 5 nitrogen and oxygen atoms in total. The largest absolute Gasteiger partial charge is 0.353 e. The van der Waals surface area contributed by atoms with E-state index in [9.17, 15) is 9.59 Å². The second-order valence-corrected chi connectivity index (χ2v) is 7.93. The van der Waals surface area contributed by atoms with Crippen LogP contribution in [0.15, 0.2) is 12.1 Å². The number of nitrogens with one attached hydrogen (secondary N) is 2. The molecule has 146 valence electrons. The first kappa shape index (κ1) is 22.2. The highest BCUT2D eigenvalue weighted by Gasteiger charge is 2.14. The molecule has 0 aliphatic carbocycles. The van der Waals surface area contributed by atoms with E-state index in [0.717, 1.165) is 29.7 Å². The predicted molar refractivity (Wildman–Crippen MR) is 108 cm³/mol. The Morgan fingerprint density at radius 3 is 2.04 bits per heavy atom. The number of amides is 2. The maximum absolute atomic E-state index is 12.3. The fourth-order valence-electron chi connectivity index (χ4n) is 3.08. The topological polar surface area (TPSA) is 61.4 Å². The van der Waals surface area contributed by atoms with Crippen LogP contribution in [0.2, 0.25) is 0 Å². The molecule has 1 aromatic carbocycles. The van der Waals surface area contributed by atoms with Crippen LogP contribution in [0.4, 0.5) is 5.69 Å². The summed E-state index contributed by atoms with van der Waals surface area (Å²) in [5.74, 6) is 0.483. The average molecular weight is 362 g/mol. The summed E-state index contributed by atoms with van der Waals surface area (Å²) in [6.45, 7) is 12.8. The SMILES string of the molecule is Cc1cc(C)c(NC(=O)CN(C)CC(=O)N[C@@H](C)CCC(C)C)c(C)c1. The second-order valence-electron chi connectivity index (χ2n) is 7.93. The summed E-state index contributed by atoms with van der Waals surface area (Å²) >= 11 is 0. The molecular weight excluding hydrogens is 326 g/mol. The van der Waals surface area contributed by atoms with Gasteiger partial charge in [-0.25, -0.2) is 0 Å². The quantitative estimate of drug-likeness (QED) is 0.708. The highest BCUT2D eigenvalue weighted by Crippen LogP contribution is 2.21. The van der Waals surface area contributed by atoms with E-state index in [2.05, 4.69) is 36.6 Å². The highest BCUT2D eigenvalue weighted by atomic mass is 16.2. The monoisotopic (exact) mass is 361 g/mol. The van der Waals surface area contributed by atoms with Gasteiger partial charge in [-0.05, 0) is 64.6 Å². The summed E-state index contributed by atoms with van der Waals surface area (Å²) < 4.78 is 0. The molecule has 1 atom stereocenters. The molecule has 0 radical (unpaired) electrons. The van der Waals surface area contributed by atoms with Crippen LogP contribution in [0.25, 0.3) is 0 Å². The van der Waals surface area contributed by atoms with E-state index in [4.69, 9.17) is 0 Å². The van der Waals surface area contributed by atoms with Crippen LogP contribution >= 0.6 is 0 Å². The van der Waals surface area contributed by atoms with E-state index in [1.807, 2.05) is 27.7 Å². The number of hydrogen-bond acceptors (Lipinski definition) is 3. The van der Waals surface area contributed by atoms with Gasteiger partial charge in [-0.3, -0.25) is 14.5 Å². The van der Waals surface area contributed by atoms with Gasteiger partial charge in [0, 0.05) is 11.7 Å². The van der Waals surface area contributed by atoms with Crippen molar-refractivity contribution < 1.29 is 9.59 Å². The van der Waals surface area contributed by atoms with Crippen molar-refractivity contribution in [1.82, 2.24) is 10.2 Å². The van der Waals surface area contributed by atoms with Crippen LogP contribution in [0.1, 0.15) is 50.3 Å². The maximum atomic E-state index is 12.3. The molecule has 0 unspecified atom stereocenters. The smallest absolute Gasteiger partial charge is 0.238 e. The number of hydrogen-bond donors (Lipinski definition) is 2. The molecule has 0 fully saturated rings. The Bertz CT molecular complexity index is 603. The minimum absolute atomic E-state index is 0.0424. The van der Waals surface area contributed by atoms with E-state index >= 15 is 0 Å². The predicted octanol–water partition coefficient (Wildman–Crippen LogP) is 3.42. The van der Waals surface area contributed by atoms with Gasteiger partial charge >= 0.3 is 0 Å². The van der Waals surface area contributed by atoms with Crippen molar-refractivity contribution in [1.29, 1.82) is 0 Å². The maximum Gasteiger partial charge on any atom is 0.238 e. The zero-order valence-electron chi connectivity index (χ0n) is 17.4. The molecule has 0 saturated carbocycles. The van der Waals surface area contributed by atoms with Gasteiger partial charge in [-0.1, -0.05) is 31.5 Å². The summed E-state index contributed by atoms with van der Waals surface area (Å²) in [7, 11) is 1.78. The van der Waals surface area contributed by atoms with E-state index in [1.165, 1.54) is 5.56 Å². The Kier molecular flexibility index (Phi) is 8.79. The Hall–Kier alpha value is -1.88. The van der Waals surface area contributed by atoms with Crippen molar-refractivity contribution in [3.05, 3.63) is 28.8 Å². The van der Waals surface area contributed by atoms with Crippen LogP contribution in [0.3, 0.4) is 0 Å². The van der Waals surface area contributed by atoms with Gasteiger partial charge in [0.2, 0.25) is 11.8 Å². The van der Waals surface area contributed by atoms with E-state index in [1.54, 1.807) is 11.9 Å². The van der Waals surface area contributed by atoms with Gasteiger partial charge in [0.05, 0.1) is 13.1 Å². The summed E-state index contributed by atoms with van der Waals surface area (Å²) in [5, 5.41) is 5.97. The van der Waals surface area contributed by atoms with Crippen molar-refractivity contribution in [3.8, 4) is 0 Å². The minimum Gasteiger partial charge on any atom is -0.353 e. The molecule has 1 rings (SSSR count). The molecule has 2 N–H and O–H groups in total. The van der Waals surface area contributed by atoms with Crippen molar-refractivity contribution in [2.24, 2.45) is 5.92 Å². The number of likely N-dealkylation sites (N-methyl/N-ethyl adjacent to an activating group) is 1. The van der Waals surface area contributed by atoms with Gasteiger partial charge in [0.15, 0.2) is 0 Å². The third kappa shape index (κ3) is 8.00. The first-order valence-corrected chi connectivity index (χ1v) is 9.44. The summed E-state index contributed by atoms with van der Waals surface area (Å²) in [4.78, 5) is 26.2. The molecule has 0 aromatic heterocycles. The Morgan fingerprint density at radius 2 is 1.50 bits per heavy atom. The molecule has 0 spiro atoms. The third-order valence-corrected chi connectivity index (χ3v) is 4.35. The molecule has 1 aromatic rings. The third-order valence-electron chi connectivity index (χ3n) is 4.35. The van der Waals surface area contributed by atoms with Gasteiger partial charge in [-0.15, -0.1) is 0 Å². The lowest BCUT2D eigenvalue weighted by molar-refractivity contribution is -0.123. The highest BCUT2D eigenvalue weighted by molar-refractivity contribution is 5.94. The molecule has 26 heavy (non-hydrogen) atoms. The molecule has 0 bridgehead atoms. The van der Waals surface area contributed by atoms with E-state index < -0.39 is 0 Å². The van der Waals surface area contributed by atoms with Crippen molar-refractivity contribution in [3.63, 3.8) is 0 Å². The van der Waals surface area contributed by atoms with Crippen LogP contribution in [0.5, 0.6) is 0 Å². The number of rotatable bonds is 9. The van der Waals surface area contributed by atoms with Gasteiger partial charge in [0.25, 0.3) is 0 Å².